The highest BCUT2D eigenvalue weighted by Crippen LogP contribution is 2.31. The highest BCUT2D eigenvalue weighted by molar-refractivity contribution is 5.58. The Balaban J connectivity index is 1.91. The van der Waals surface area contributed by atoms with Crippen LogP contribution in [-0.4, -0.2) is 34.9 Å². The molecule has 2 heterocycles. The number of benzene rings is 1. The van der Waals surface area contributed by atoms with E-state index >= 15 is 0 Å². The predicted octanol–water partition coefficient (Wildman–Crippen LogP) is 1.48. The van der Waals surface area contributed by atoms with Crippen LogP contribution in [-0.2, 0) is 10.2 Å². The molecule has 1 saturated heterocycles. The number of halogens is 1. The van der Waals surface area contributed by atoms with Crippen LogP contribution in [0.25, 0.3) is 11.3 Å². The molecule has 1 aliphatic heterocycles. The summed E-state index contributed by atoms with van der Waals surface area (Å²) in [6, 6.07) is 6.19. The van der Waals surface area contributed by atoms with Crippen LogP contribution in [0.4, 0.5) is 4.39 Å². The van der Waals surface area contributed by atoms with Gasteiger partial charge in [0.05, 0.1) is 37.1 Å². The summed E-state index contributed by atoms with van der Waals surface area (Å²) in [5, 5.41) is 9.42. The number of aromatic amines is 1. The van der Waals surface area contributed by atoms with Gasteiger partial charge in [0, 0.05) is 0 Å². The zero-order valence-electron chi connectivity index (χ0n) is 9.69. The van der Waals surface area contributed by atoms with Crippen molar-refractivity contribution in [1.82, 2.24) is 9.97 Å². The van der Waals surface area contributed by atoms with Gasteiger partial charge in [-0.1, -0.05) is 0 Å². The fraction of sp³-hybridized carbons (Fsp3) is 0.308. The van der Waals surface area contributed by atoms with E-state index in [1.165, 1.54) is 12.1 Å². The van der Waals surface area contributed by atoms with E-state index in [0.29, 0.717) is 13.2 Å². The van der Waals surface area contributed by atoms with Gasteiger partial charge in [-0.05, 0) is 29.8 Å². The monoisotopic (exact) mass is 248 g/mol. The average Bonchev–Trinajstić information content (AvgIpc) is 2.79. The Morgan fingerprint density at radius 1 is 1.33 bits per heavy atom. The van der Waals surface area contributed by atoms with Crippen LogP contribution in [0.3, 0.4) is 0 Å². The zero-order chi connectivity index (χ0) is 12.6. The fourth-order valence-electron chi connectivity index (χ4n) is 2.02. The molecule has 1 aromatic carbocycles. The first-order valence-electron chi connectivity index (χ1n) is 5.74. The molecule has 3 rings (SSSR count). The average molecular weight is 248 g/mol. The number of hydrogen-bond acceptors (Lipinski definition) is 3. The van der Waals surface area contributed by atoms with E-state index in [-0.39, 0.29) is 12.4 Å². The Hall–Kier alpha value is -1.72. The molecule has 0 atom stereocenters. The second-order valence-corrected chi connectivity index (χ2v) is 4.58. The van der Waals surface area contributed by atoms with Gasteiger partial charge in [-0.25, -0.2) is 9.37 Å². The van der Waals surface area contributed by atoms with Crippen molar-refractivity contribution in [2.24, 2.45) is 0 Å². The molecular formula is C13H13FN2O2. The molecule has 18 heavy (non-hydrogen) atoms. The van der Waals surface area contributed by atoms with E-state index < -0.39 is 5.41 Å². The Kier molecular flexibility index (Phi) is 2.65. The van der Waals surface area contributed by atoms with Gasteiger partial charge >= 0.3 is 0 Å². The lowest BCUT2D eigenvalue weighted by Gasteiger charge is -2.37. The second-order valence-electron chi connectivity index (χ2n) is 4.58. The summed E-state index contributed by atoms with van der Waals surface area (Å²) in [6.07, 6.45) is 1.69. The number of aromatic nitrogens is 2. The normalized spacial score (nSPS) is 17.4. The minimum atomic E-state index is -0.404. The number of ether oxygens (including phenoxy) is 1. The number of aliphatic hydroxyl groups excluding tert-OH is 1. The standard InChI is InChI=1S/C13H13FN2O2/c14-10-3-1-9(2-4-10)11-5-15-12(16-11)13(6-17)7-18-8-13/h1-5,17H,6-8H2,(H,15,16). The summed E-state index contributed by atoms with van der Waals surface area (Å²) in [5.74, 6) is 0.452. The predicted molar refractivity (Wildman–Crippen MR) is 63.6 cm³/mol. The molecule has 0 unspecified atom stereocenters. The molecular weight excluding hydrogens is 235 g/mol. The number of nitrogens with one attached hydrogen (secondary N) is 1. The summed E-state index contributed by atoms with van der Waals surface area (Å²) in [7, 11) is 0. The number of aliphatic hydroxyl groups is 1. The van der Waals surface area contributed by atoms with Gasteiger partial charge in [0.15, 0.2) is 0 Å². The highest BCUT2D eigenvalue weighted by atomic mass is 19.1. The number of imidazole rings is 1. The molecule has 1 aliphatic rings. The van der Waals surface area contributed by atoms with E-state index in [4.69, 9.17) is 4.74 Å². The highest BCUT2D eigenvalue weighted by Gasteiger charge is 2.42. The quantitative estimate of drug-likeness (QED) is 0.865. The Bertz CT molecular complexity index is 541. The molecule has 1 fully saturated rings. The van der Waals surface area contributed by atoms with Crippen molar-refractivity contribution < 1.29 is 14.2 Å². The number of H-pyrrole nitrogens is 1. The zero-order valence-corrected chi connectivity index (χ0v) is 9.69. The second kappa shape index (κ2) is 4.19. The largest absolute Gasteiger partial charge is 0.395 e. The minimum absolute atomic E-state index is 0.00334. The molecule has 2 aromatic rings. The third-order valence-electron chi connectivity index (χ3n) is 3.29. The smallest absolute Gasteiger partial charge is 0.123 e. The summed E-state index contributed by atoms with van der Waals surface area (Å²) in [6.45, 7) is 0.948. The lowest BCUT2D eigenvalue weighted by Crippen LogP contribution is -2.50. The van der Waals surface area contributed by atoms with Crippen LogP contribution < -0.4 is 0 Å². The maximum Gasteiger partial charge on any atom is 0.123 e. The first-order valence-corrected chi connectivity index (χ1v) is 5.74. The molecule has 4 nitrogen and oxygen atoms in total. The Morgan fingerprint density at radius 2 is 2.06 bits per heavy atom. The van der Waals surface area contributed by atoms with E-state index in [1.807, 2.05) is 0 Å². The van der Waals surface area contributed by atoms with Crippen LogP contribution in [0.15, 0.2) is 30.5 Å². The van der Waals surface area contributed by atoms with Crippen molar-refractivity contribution in [1.29, 1.82) is 0 Å². The molecule has 2 N–H and O–H groups in total. The Labute approximate surface area is 103 Å². The molecule has 5 heteroatoms. The summed E-state index contributed by atoms with van der Waals surface area (Å²) in [5.41, 5.74) is 1.27. The summed E-state index contributed by atoms with van der Waals surface area (Å²) in [4.78, 5) is 7.46. The summed E-state index contributed by atoms with van der Waals surface area (Å²) >= 11 is 0. The molecule has 0 radical (unpaired) electrons. The Morgan fingerprint density at radius 3 is 2.61 bits per heavy atom. The van der Waals surface area contributed by atoms with Gasteiger partial charge in [0.1, 0.15) is 11.6 Å². The van der Waals surface area contributed by atoms with Gasteiger partial charge in [0.25, 0.3) is 0 Å². The number of hydrogen-bond donors (Lipinski definition) is 2. The van der Waals surface area contributed by atoms with Gasteiger partial charge in [-0.3, -0.25) is 0 Å². The van der Waals surface area contributed by atoms with Gasteiger partial charge in [0.2, 0.25) is 0 Å². The van der Waals surface area contributed by atoms with Crippen LogP contribution >= 0.6 is 0 Å². The fourth-order valence-corrected chi connectivity index (χ4v) is 2.02. The molecule has 0 amide bonds. The van der Waals surface area contributed by atoms with E-state index in [9.17, 15) is 9.50 Å². The molecule has 0 bridgehead atoms. The molecule has 0 aliphatic carbocycles. The maximum absolute atomic E-state index is 12.8. The molecule has 0 saturated carbocycles. The topological polar surface area (TPSA) is 58.1 Å². The van der Waals surface area contributed by atoms with E-state index in [2.05, 4.69) is 9.97 Å². The van der Waals surface area contributed by atoms with Gasteiger partial charge < -0.3 is 14.8 Å². The van der Waals surface area contributed by atoms with Crippen molar-refractivity contribution in [3.05, 3.63) is 42.1 Å². The molecule has 94 valence electrons. The SMILES string of the molecule is OCC1(c2ncc(-c3ccc(F)cc3)[nH]2)COC1. The third-order valence-corrected chi connectivity index (χ3v) is 3.29. The maximum atomic E-state index is 12.8. The van der Waals surface area contributed by atoms with Crippen LogP contribution in [0.5, 0.6) is 0 Å². The third kappa shape index (κ3) is 1.72. The van der Waals surface area contributed by atoms with Gasteiger partial charge in [-0.2, -0.15) is 0 Å². The van der Waals surface area contributed by atoms with Crippen molar-refractivity contribution in [2.45, 2.75) is 5.41 Å². The number of nitrogens with zero attached hydrogens (tertiary/aromatic N) is 1. The van der Waals surface area contributed by atoms with E-state index in [1.54, 1.807) is 18.3 Å². The van der Waals surface area contributed by atoms with Crippen molar-refractivity contribution >= 4 is 0 Å². The minimum Gasteiger partial charge on any atom is -0.395 e. The van der Waals surface area contributed by atoms with Crippen LogP contribution in [0, 0.1) is 5.82 Å². The lowest BCUT2D eigenvalue weighted by molar-refractivity contribution is -0.0880. The first-order chi connectivity index (χ1) is 8.73. The van der Waals surface area contributed by atoms with Crippen molar-refractivity contribution in [3.63, 3.8) is 0 Å². The van der Waals surface area contributed by atoms with Crippen LogP contribution in [0.2, 0.25) is 0 Å². The van der Waals surface area contributed by atoms with Crippen molar-refractivity contribution in [3.8, 4) is 11.3 Å². The first kappa shape index (κ1) is 11.4. The molecule has 0 spiro atoms. The lowest BCUT2D eigenvalue weighted by atomic mass is 9.86. The van der Waals surface area contributed by atoms with Gasteiger partial charge in [-0.15, -0.1) is 0 Å². The summed E-state index contributed by atoms with van der Waals surface area (Å²) < 4.78 is 18.0. The number of rotatable bonds is 3. The molecule has 1 aromatic heterocycles. The van der Waals surface area contributed by atoms with Crippen molar-refractivity contribution in [2.75, 3.05) is 19.8 Å². The van der Waals surface area contributed by atoms with Crippen LogP contribution in [0.1, 0.15) is 5.82 Å². The van der Waals surface area contributed by atoms with E-state index in [0.717, 1.165) is 17.1 Å².